The molecule has 0 aliphatic rings. The van der Waals surface area contributed by atoms with Crippen molar-refractivity contribution < 1.29 is 18.7 Å². The Morgan fingerprint density at radius 1 is 1.44 bits per heavy atom. The van der Waals surface area contributed by atoms with Crippen molar-refractivity contribution in [2.24, 2.45) is 5.73 Å². The molecule has 0 aliphatic carbocycles. The van der Waals surface area contributed by atoms with Crippen LogP contribution in [0, 0.1) is 5.21 Å². The predicted octanol–water partition coefficient (Wildman–Crippen LogP) is 0.203. The number of hydrogen-bond acceptors (Lipinski definition) is 3. The van der Waals surface area contributed by atoms with Crippen molar-refractivity contribution in [2.45, 2.75) is 13.3 Å². The molecule has 1 heterocycles. The number of hydrogen-bond donors (Lipinski definition) is 1. The number of halogens is 1. The van der Waals surface area contributed by atoms with Gasteiger partial charge < -0.3 is 15.8 Å². The summed E-state index contributed by atoms with van der Waals surface area (Å²) in [6.07, 6.45) is 3.76. The number of nitrogens with two attached hydrogens (primary N) is 1. The minimum atomic E-state index is -0.705. The maximum atomic E-state index is 11.1. The molecule has 0 fully saturated rings. The Bertz CT molecular complexity index is 323. The standard InChI is InChI=1S/C5H5NO.C3H6FNO.C3H7NO/c7-6-4-2-1-3-5-6;1-5(2-4)3-6;1-2-3(4)5/h1-5H;3H,2H2,1H3;2H2,1H3,(H2,4,5). The first-order chi connectivity index (χ1) is 8.47. The summed E-state index contributed by atoms with van der Waals surface area (Å²) in [5.74, 6) is -0.245. The number of primary amides is 1. The van der Waals surface area contributed by atoms with Crippen LogP contribution in [-0.4, -0.2) is 31.1 Å². The van der Waals surface area contributed by atoms with E-state index < -0.39 is 6.80 Å². The van der Waals surface area contributed by atoms with Gasteiger partial charge in [-0.2, -0.15) is 4.73 Å². The van der Waals surface area contributed by atoms with Crippen LogP contribution < -0.4 is 10.5 Å². The van der Waals surface area contributed by atoms with Crippen LogP contribution in [0.1, 0.15) is 13.3 Å². The van der Waals surface area contributed by atoms with Crippen LogP contribution in [0.3, 0.4) is 0 Å². The predicted molar refractivity (Wildman–Crippen MR) is 64.7 cm³/mol. The van der Waals surface area contributed by atoms with Gasteiger partial charge in [0.25, 0.3) is 0 Å². The van der Waals surface area contributed by atoms with E-state index in [1.54, 1.807) is 25.1 Å². The highest BCUT2D eigenvalue weighted by Gasteiger charge is 1.82. The summed E-state index contributed by atoms with van der Waals surface area (Å²) in [7, 11) is 1.37. The van der Waals surface area contributed by atoms with Gasteiger partial charge in [-0.3, -0.25) is 9.59 Å². The molecule has 0 saturated carbocycles. The van der Waals surface area contributed by atoms with E-state index in [1.165, 1.54) is 19.4 Å². The molecule has 0 aliphatic heterocycles. The van der Waals surface area contributed by atoms with Gasteiger partial charge in [-0.1, -0.05) is 13.0 Å². The summed E-state index contributed by atoms with van der Waals surface area (Å²) < 4.78 is 11.8. The molecule has 1 aromatic heterocycles. The van der Waals surface area contributed by atoms with Gasteiger partial charge in [0.2, 0.25) is 12.3 Å². The molecule has 0 unspecified atom stereocenters. The molecule has 1 aromatic rings. The fourth-order valence-corrected chi connectivity index (χ4v) is 0.411. The van der Waals surface area contributed by atoms with Crippen LogP contribution in [0.15, 0.2) is 30.6 Å². The third-order valence-electron chi connectivity index (χ3n) is 1.41. The van der Waals surface area contributed by atoms with Gasteiger partial charge >= 0.3 is 0 Å². The number of aromatic nitrogens is 1. The van der Waals surface area contributed by atoms with E-state index in [9.17, 15) is 19.2 Å². The summed E-state index contributed by atoms with van der Waals surface area (Å²) in [4.78, 5) is 19.9. The van der Waals surface area contributed by atoms with Gasteiger partial charge in [0.05, 0.1) is 0 Å². The number of carbonyl (C=O) groups excluding carboxylic acids is 2. The highest BCUT2D eigenvalue weighted by molar-refractivity contribution is 5.73. The van der Waals surface area contributed by atoms with Gasteiger partial charge in [-0.25, -0.2) is 4.39 Å². The number of alkyl halides is 1. The smallest absolute Gasteiger partial charge is 0.217 e. The Morgan fingerprint density at radius 3 is 2.00 bits per heavy atom. The molecule has 2 N–H and O–H groups in total. The molecule has 0 radical (unpaired) electrons. The second-order valence-corrected chi connectivity index (χ2v) is 3.04. The lowest BCUT2D eigenvalue weighted by Crippen LogP contribution is -2.22. The molecule has 102 valence electrons. The third-order valence-corrected chi connectivity index (χ3v) is 1.41. The lowest BCUT2D eigenvalue weighted by Gasteiger charge is -1.98. The molecule has 18 heavy (non-hydrogen) atoms. The van der Waals surface area contributed by atoms with Crippen molar-refractivity contribution in [1.82, 2.24) is 4.90 Å². The lowest BCUT2D eigenvalue weighted by molar-refractivity contribution is -0.605. The second kappa shape index (κ2) is 12.9. The average Bonchev–Trinajstić information content (AvgIpc) is 2.40. The first-order valence-electron chi connectivity index (χ1n) is 5.11. The van der Waals surface area contributed by atoms with Crippen LogP contribution in [0.2, 0.25) is 0 Å². The van der Waals surface area contributed by atoms with E-state index in [4.69, 9.17) is 0 Å². The van der Waals surface area contributed by atoms with Crippen LogP contribution >= 0.6 is 0 Å². The Morgan fingerprint density at radius 2 is 1.89 bits per heavy atom. The number of amides is 2. The molecule has 0 aromatic carbocycles. The highest BCUT2D eigenvalue weighted by Crippen LogP contribution is 1.72. The number of nitrogens with zero attached hydrogens (tertiary/aromatic N) is 2. The van der Waals surface area contributed by atoms with Crippen LogP contribution in [0.4, 0.5) is 4.39 Å². The van der Waals surface area contributed by atoms with Crippen molar-refractivity contribution in [3.63, 3.8) is 0 Å². The molecule has 0 spiro atoms. The summed E-state index contributed by atoms with van der Waals surface area (Å²) in [6, 6.07) is 5.18. The Hall–Kier alpha value is -2.18. The minimum absolute atomic E-state index is 0.245. The largest absolute Gasteiger partial charge is 0.619 e. The number of rotatable bonds is 3. The van der Waals surface area contributed by atoms with Crippen molar-refractivity contribution >= 4 is 12.3 Å². The molecule has 0 atom stereocenters. The molecular weight excluding hydrogens is 241 g/mol. The van der Waals surface area contributed by atoms with Gasteiger partial charge in [-0.05, 0) is 0 Å². The van der Waals surface area contributed by atoms with Gasteiger partial charge in [0, 0.05) is 25.6 Å². The van der Waals surface area contributed by atoms with E-state index >= 15 is 0 Å². The van der Waals surface area contributed by atoms with E-state index in [2.05, 4.69) is 5.73 Å². The fourth-order valence-electron chi connectivity index (χ4n) is 0.411. The van der Waals surface area contributed by atoms with Crippen molar-refractivity contribution in [2.75, 3.05) is 13.8 Å². The second-order valence-electron chi connectivity index (χ2n) is 3.04. The molecule has 0 bridgehead atoms. The number of carbonyl (C=O) groups is 2. The van der Waals surface area contributed by atoms with Gasteiger partial charge in [0.1, 0.15) is 0 Å². The normalized spacial score (nSPS) is 7.94. The summed E-state index contributed by atoms with van der Waals surface area (Å²) >= 11 is 0. The Balaban J connectivity index is 0. The third kappa shape index (κ3) is 16.3. The SMILES string of the molecule is CCC(N)=O.CN(C=O)CF.[O-][n+]1ccccc1. The summed E-state index contributed by atoms with van der Waals surface area (Å²) in [6.45, 7) is 1.02. The highest BCUT2D eigenvalue weighted by atomic mass is 19.1. The zero-order chi connectivity index (χ0) is 14.4. The molecule has 0 saturated heterocycles. The molecule has 7 heteroatoms. The van der Waals surface area contributed by atoms with Crippen molar-refractivity contribution in [3.05, 3.63) is 35.8 Å². The molecule has 6 nitrogen and oxygen atoms in total. The maximum absolute atomic E-state index is 11.1. The van der Waals surface area contributed by atoms with E-state index in [-0.39, 0.29) is 5.91 Å². The monoisotopic (exact) mass is 259 g/mol. The van der Waals surface area contributed by atoms with Gasteiger partial charge in [0.15, 0.2) is 19.2 Å². The molecular formula is C11H18FN3O3. The van der Waals surface area contributed by atoms with E-state index in [0.717, 1.165) is 9.63 Å². The first kappa shape index (κ1) is 18.2. The van der Waals surface area contributed by atoms with E-state index in [1.807, 2.05) is 0 Å². The van der Waals surface area contributed by atoms with E-state index in [0.29, 0.717) is 12.8 Å². The van der Waals surface area contributed by atoms with Crippen molar-refractivity contribution in [3.8, 4) is 0 Å². The zero-order valence-corrected chi connectivity index (χ0v) is 10.5. The molecule has 1 rings (SSSR count). The summed E-state index contributed by atoms with van der Waals surface area (Å²) in [5.41, 5.74) is 4.65. The maximum Gasteiger partial charge on any atom is 0.217 e. The van der Waals surface area contributed by atoms with Crippen LogP contribution in [-0.2, 0) is 9.59 Å². The fraction of sp³-hybridized carbons (Fsp3) is 0.364. The minimum Gasteiger partial charge on any atom is -0.619 e. The summed E-state index contributed by atoms with van der Waals surface area (Å²) in [5, 5.41) is 10.2. The zero-order valence-electron chi connectivity index (χ0n) is 10.5. The topological polar surface area (TPSA) is 90.3 Å². The Kier molecular flexibility index (Phi) is 13.0. The van der Waals surface area contributed by atoms with Gasteiger partial charge in [-0.15, -0.1) is 0 Å². The van der Waals surface area contributed by atoms with Crippen LogP contribution in [0.5, 0.6) is 0 Å². The average molecular weight is 259 g/mol. The quantitative estimate of drug-likeness (QED) is 0.364. The van der Waals surface area contributed by atoms with Crippen molar-refractivity contribution in [1.29, 1.82) is 0 Å². The number of pyridine rings is 1. The Labute approximate surface area is 105 Å². The molecule has 2 amide bonds. The van der Waals surface area contributed by atoms with Crippen LogP contribution in [0.25, 0.3) is 0 Å². The first-order valence-corrected chi connectivity index (χ1v) is 5.11. The lowest BCUT2D eigenvalue weighted by atomic mass is 10.5.